The number of likely N-dealkylation sites (tertiary alicyclic amines) is 1. The van der Waals surface area contributed by atoms with Crippen molar-refractivity contribution < 1.29 is 24.2 Å². The van der Waals surface area contributed by atoms with E-state index in [4.69, 9.17) is 11.6 Å². The van der Waals surface area contributed by atoms with E-state index in [1.54, 1.807) is 18.2 Å². The molecule has 3 aromatic rings. The van der Waals surface area contributed by atoms with E-state index < -0.39 is 29.9 Å². The minimum Gasteiger partial charge on any atom is -0.481 e. The molecule has 4 rings (SSSR count). The van der Waals surface area contributed by atoms with Crippen LogP contribution in [0.5, 0.6) is 0 Å². The molecule has 1 aliphatic rings. The number of β-amino-alcohol motifs (C(OH)–C–C–N with tert-alkyl or cyclic N) is 1. The molecule has 1 aliphatic heterocycles. The Kier molecular flexibility index (Phi) is 7.74. The highest BCUT2D eigenvalue weighted by Gasteiger charge is 2.31. The zero-order valence-corrected chi connectivity index (χ0v) is 19.5. The molecule has 0 saturated carbocycles. The van der Waals surface area contributed by atoms with Gasteiger partial charge in [-0.1, -0.05) is 35.9 Å². The molecule has 0 unspecified atom stereocenters. The van der Waals surface area contributed by atoms with E-state index >= 15 is 0 Å². The summed E-state index contributed by atoms with van der Waals surface area (Å²) in [5.41, 5.74) is 1.96. The standard InChI is InChI=1S/C24H25ClFN5O4/c25-17-5-6-21(26)20(9-17)15-3-1-14(2-4-15)7-18(28-23(33)22-10-27-30-29-22)8-16(24(34)35)11-31-12-19(32)13-31/h1-6,9-10,16,18-19,32H,7-8,11-13H2,(H,28,33)(H,34,35)(H,27,29,30)/t16-,18+/m0/s1. The van der Waals surface area contributed by atoms with E-state index in [2.05, 4.69) is 20.7 Å². The number of nitrogens with zero attached hydrogens (tertiary/aromatic N) is 3. The van der Waals surface area contributed by atoms with Gasteiger partial charge < -0.3 is 15.5 Å². The summed E-state index contributed by atoms with van der Waals surface area (Å²) in [7, 11) is 0. The van der Waals surface area contributed by atoms with Crippen LogP contribution in [-0.2, 0) is 11.2 Å². The van der Waals surface area contributed by atoms with Gasteiger partial charge >= 0.3 is 5.97 Å². The quantitative estimate of drug-likeness (QED) is 0.335. The summed E-state index contributed by atoms with van der Waals surface area (Å²) < 4.78 is 14.2. The van der Waals surface area contributed by atoms with Gasteiger partial charge in [0.25, 0.3) is 5.91 Å². The SMILES string of the molecule is O=C(N[C@H](Cc1ccc(-c2cc(Cl)ccc2F)cc1)C[C@@H](CN1CC(O)C1)C(=O)O)c1cn[nH]n1. The predicted octanol–water partition coefficient (Wildman–Crippen LogP) is 2.37. The molecule has 0 bridgehead atoms. The molecule has 35 heavy (non-hydrogen) atoms. The molecule has 9 nitrogen and oxygen atoms in total. The maximum Gasteiger partial charge on any atom is 0.307 e. The van der Waals surface area contributed by atoms with E-state index in [9.17, 15) is 24.2 Å². The van der Waals surface area contributed by atoms with Gasteiger partial charge in [0, 0.05) is 36.3 Å². The molecule has 2 heterocycles. The van der Waals surface area contributed by atoms with Crippen LogP contribution in [-0.4, -0.2) is 74.2 Å². The Balaban J connectivity index is 1.50. The Labute approximate surface area is 205 Å². The monoisotopic (exact) mass is 501 g/mol. The molecule has 184 valence electrons. The maximum absolute atomic E-state index is 14.2. The number of carboxylic acid groups (broad SMARTS) is 1. The minimum atomic E-state index is -0.973. The Morgan fingerprint density at radius 3 is 2.60 bits per heavy atom. The molecule has 4 N–H and O–H groups in total. The number of aliphatic hydroxyl groups excluding tert-OH is 1. The van der Waals surface area contributed by atoms with Crippen molar-refractivity contribution in [2.24, 2.45) is 5.92 Å². The van der Waals surface area contributed by atoms with Crippen LogP contribution < -0.4 is 5.32 Å². The third-order valence-electron chi connectivity index (χ3n) is 5.99. The topological polar surface area (TPSA) is 131 Å². The number of carboxylic acids is 1. The summed E-state index contributed by atoms with van der Waals surface area (Å²) in [6.45, 7) is 1.14. The molecule has 1 aromatic heterocycles. The van der Waals surface area contributed by atoms with Gasteiger partial charge in [-0.3, -0.25) is 14.5 Å². The van der Waals surface area contributed by atoms with Gasteiger partial charge in [0.15, 0.2) is 5.69 Å². The zero-order chi connectivity index (χ0) is 24.9. The van der Waals surface area contributed by atoms with Crippen LogP contribution in [0.1, 0.15) is 22.5 Å². The third-order valence-corrected chi connectivity index (χ3v) is 6.23. The average Bonchev–Trinajstić information content (AvgIpc) is 3.35. The number of halogens is 2. The first-order valence-corrected chi connectivity index (χ1v) is 11.5. The van der Waals surface area contributed by atoms with Crippen LogP contribution in [0.25, 0.3) is 11.1 Å². The number of aliphatic hydroxyl groups is 1. The Morgan fingerprint density at radius 2 is 1.97 bits per heavy atom. The fourth-order valence-electron chi connectivity index (χ4n) is 4.19. The number of hydrogen-bond acceptors (Lipinski definition) is 6. The number of aromatic amines is 1. The second kappa shape index (κ2) is 10.9. The number of carbonyl (C=O) groups excluding carboxylic acids is 1. The van der Waals surface area contributed by atoms with Crippen LogP contribution >= 0.6 is 11.6 Å². The summed E-state index contributed by atoms with van der Waals surface area (Å²) in [6.07, 6.45) is 1.39. The van der Waals surface area contributed by atoms with Gasteiger partial charge in [0.05, 0.1) is 18.2 Å². The maximum atomic E-state index is 14.2. The summed E-state index contributed by atoms with van der Waals surface area (Å²) in [4.78, 5) is 26.4. The van der Waals surface area contributed by atoms with E-state index in [1.165, 1.54) is 18.3 Å². The number of aliphatic carboxylic acids is 1. The van der Waals surface area contributed by atoms with Crippen LogP contribution in [0.4, 0.5) is 4.39 Å². The number of rotatable bonds is 10. The normalized spacial score (nSPS) is 15.9. The molecule has 1 amide bonds. The highest BCUT2D eigenvalue weighted by molar-refractivity contribution is 6.30. The van der Waals surface area contributed by atoms with Crippen molar-refractivity contribution >= 4 is 23.5 Å². The van der Waals surface area contributed by atoms with Gasteiger partial charge in [-0.25, -0.2) is 4.39 Å². The number of hydrogen-bond donors (Lipinski definition) is 4. The lowest BCUT2D eigenvalue weighted by Crippen LogP contribution is -2.53. The van der Waals surface area contributed by atoms with Crippen molar-refractivity contribution in [3.8, 4) is 11.1 Å². The van der Waals surface area contributed by atoms with Gasteiger partial charge in [-0.05, 0) is 42.2 Å². The molecular weight excluding hydrogens is 477 g/mol. The molecule has 2 atom stereocenters. The summed E-state index contributed by atoms with van der Waals surface area (Å²) in [5.74, 6) is -2.58. The van der Waals surface area contributed by atoms with Crippen LogP contribution in [0.15, 0.2) is 48.7 Å². The summed E-state index contributed by atoms with van der Waals surface area (Å²) in [5, 5.41) is 32.4. The third kappa shape index (κ3) is 6.41. The molecule has 1 saturated heterocycles. The first kappa shape index (κ1) is 24.8. The summed E-state index contributed by atoms with van der Waals surface area (Å²) >= 11 is 6.01. The molecule has 0 radical (unpaired) electrons. The minimum absolute atomic E-state index is 0.0968. The predicted molar refractivity (Wildman–Crippen MR) is 126 cm³/mol. The Morgan fingerprint density at radius 1 is 1.23 bits per heavy atom. The van der Waals surface area contributed by atoms with Gasteiger partial charge in [-0.15, -0.1) is 0 Å². The number of aromatic nitrogens is 3. The Hall–Kier alpha value is -3.34. The summed E-state index contributed by atoms with van der Waals surface area (Å²) in [6, 6.07) is 11.0. The lowest BCUT2D eigenvalue weighted by Gasteiger charge is -2.37. The smallest absolute Gasteiger partial charge is 0.307 e. The highest BCUT2D eigenvalue weighted by atomic mass is 35.5. The number of nitrogens with one attached hydrogen (secondary N) is 2. The first-order chi connectivity index (χ1) is 16.8. The van der Waals surface area contributed by atoms with Gasteiger partial charge in [-0.2, -0.15) is 15.4 Å². The fourth-order valence-corrected chi connectivity index (χ4v) is 4.36. The number of amides is 1. The zero-order valence-electron chi connectivity index (χ0n) is 18.7. The van der Waals surface area contributed by atoms with Crippen LogP contribution in [0.2, 0.25) is 5.02 Å². The molecule has 2 aromatic carbocycles. The van der Waals surface area contributed by atoms with Crippen molar-refractivity contribution in [3.05, 3.63) is 70.8 Å². The lowest BCUT2D eigenvalue weighted by molar-refractivity contribution is -0.144. The van der Waals surface area contributed by atoms with Crippen LogP contribution in [0, 0.1) is 11.7 Å². The fraction of sp³-hybridized carbons (Fsp3) is 0.333. The van der Waals surface area contributed by atoms with Crippen molar-refractivity contribution in [1.29, 1.82) is 0 Å². The van der Waals surface area contributed by atoms with Crippen LogP contribution in [0.3, 0.4) is 0 Å². The number of benzene rings is 2. The molecule has 1 fully saturated rings. The second-order valence-electron chi connectivity index (χ2n) is 8.69. The van der Waals surface area contributed by atoms with Gasteiger partial charge in [0.1, 0.15) is 5.82 Å². The van der Waals surface area contributed by atoms with E-state index in [0.29, 0.717) is 35.7 Å². The highest BCUT2D eigenvalue weighted by Crippen LogP contribution is 2.27. The Bertz CT molecular complexity index is 1170. The molecule has 0 aliphatic carbocycles. The first-order valence-electron chi connectivity index (χ1n) is 11.1. The van der Waals surface area contributed by atoms with E-state index in [0.717, 1.165) is 5.56 Å². The number of H-pyrrole nitrogens is 1. The largest absolute Gasteiger partial charge is 0.481 e. The van der Waals surface area contributed by atoms with Crippen molar-refractivity contribution in [2.75, 3.05) is 19.6 Å². The van der Waals surface area contributed by atoms with Gasteiger partial charge in [0.2, 0.25) is 0 Å². The molecule has 0 spiro atoms. The van der Waals surface area contributed by atoms with Crippen molar-refractivity contribution in [2.45, 2.75) is 25.0 Å². The average molecular weight is 502 g/mol. The lowest BCUT2D eigenvalue weighted by atomic mass is 9.92. The molecular formula is C24H25ClFN5O4. The van der Waals surface area contributed by atoms with Crippen molar-refractivity contribution in [1.82, 2.24) is 25.6 Å². The number of carbonyl (C=O) groups is 2. The molecule has 11 heteroatoms. The van der Waals surface area contributed by atoms with E-state index in [1.807, 2.05) is 17.0 Å². The van der Waals surface area contributed by atoms with Crippen molar-refractivity contribution in [3.63, 3.8) is 0 Å². The second-order valence-corrected chi connectivity index (χ2v) is 9.13. The van der Waals surface area contributed by atoms with E-state index in [-0.39, 0.29) is 24.5 Å².